The fraction of sp³-hybridized carbons (Fsp3) is 0.688. The predicted octanol–water partition coefficient (Wildman–Crippen LogP) is 4.37. The standard InChI is InChI=1S/C16H26N2OS2/c1-9(2)11-6-7-18(8-11)16-15(20-5)12(17)14(21-16)13(19)10(3)4/h9-11H,6-8,17H2,1-5H3. The molecule has 2 heterocycles. The van der Waals surface area contributed by atoms with Crippen molar-refractivity contribution in [3.8, 4) is 0 Å². The van der Waals surface area contributed by atoms with Gasteiger partial charge in [0.15, 0.2) is 5.78 Å². The molecule has 0 radical (unpaired) electrons. The summed E-state index contributed by atoms with van der Waals surface area (Å²) < 4.78 is 0. The number of anilines is 2. The second-order valence-corrected chi connectivity index (χ2v) is 8.26. The van der Waals surface area contributed by atoms with Crippen molar-refractivity contribution in [1.29, 1.82) is 0 Å². The van der Waals surface area contributed by atoms with Crippen LogP contribution < -0.4 is 10.6 Å². The van der Waals surface area contributed by atoms with Crippen LogP contribution in [0.2, 0.25) is 0 Å². The number of carbonyl (C=O) groups excluding carboxylic acids is 1. The van der Waals surface area contributed by atoms with Gasteiger partial charge >= 0.3 is 0 Å². The summed E-state index contributed by atoms with van der Waals surface area (Å²) in [7, 11) is 0. The molecule has 5 heteroatoms. The maximum atomic E-state index is 12.3. The number of ketones is 1. The molecule has 1 fully saturated rings. The smallest absolute Gasteiger partial charge is 0.177 e. The molecule has 3 nitrogen and oxygen atoms in total. The van der Waals surface area contributed by atoms with Gasteiger partial charge in [0.25, 0.3) is 0 Å². The summed E-state index contributed by atoms with van der Waals surface area (Å²) in [5, 5.41) is 1.20. The molecule has 21 heavy (non-hydrogen) atoms. The second-order valence-electron chi connectivity index (χ2n) is 6.44. The predicted molar refractivity (Wildman–Crippen MR) is 94.8 cm³/mol. The zero-order chi connectivity index (χ0) is 15.7. The normalized spacial score (nSPS) is 19.0. The van der Waals surface area contributed by atoms with Crippen molar-refractivity contribution in [2.75, 3.05) is 30.0 Å². The zero-order valence-corrected chi connectivity index (χ0v) is 15.2. The van der Waals surface area contributed by atoms with Crippen LogP contribution in [-0.4, -0.2) is 25.1 Å². The Bertz CT molecular complexity index is 523. The van der Waals surface area contributed by atoms with E-state index >= 15 is 0 Å². The van der Waals surface area contributed by atoms with Crippen molar-refractivity contribution >= 4 is 39.6 Å². The molecule has 2 rings (SSSR count). The third-order valence-corrected chi connectivity index (χ3v) is 6.52. The lowest BCUT2D eigenvalue weighted by molar-refractivity contribution is 0.0944. The van der Waals surface area contributed by atoms with Crippen molar-refractivity contribution in [3.05, 3.63) is 4.88 Å². The van der Waals surface area contributed by atoms with E-state index in [1.54, 1.807) is 23.1 Å². The number of nitrogens with two attached hydrogens (primary N) is 1. The highest BCUT2D eigenvalue weighted by Crippen LogP contribution is 2.46. The average molecular weight is 327 g/mol. The molecule has 0 aromatic carbocycles. The highest BCUT2D eigenvalue weighted by Gasteiger charge is 2.30. The Morgan fingerprint density at radius 3 is 2.52 bits per heavy atom. The number of hydrogen-bond acceptors (Lipinski definition) is 5. The number of rotatable bonds is 5. The van der Waals surface area contributed by atoms with Gasteiger partial charge in [0, 0.05) is 19.0 Å². The molecule has 0 amide bonds. The third kappa shape index (κ3) is 3.24. The number of carbonyl (C=O) groups is 1. The third-order valence-electron chi connectivity index (χ3n) is 4.29. The van der Waals surface area contributed by atoms with E-state index in [0.717, 1.165) is 28.8 Å². The number of Topliss-reactive ketones (excluding diaryl/α,β-unsaturated/α-hetero) is 1. The Hall–Kier alpha value is -0.680. The summed E-state index contributed by atoms with van der Waals surface area (Å²) >= 11 is 3.25. The number of nitrogen functional groups attached to an aromatic ring is 1. The molecule has 1 aromatic heterocycles. The molecule has 0 spiro atoms. The van der Waals surface area contributed by atoms with Gasteiger partial charge in [-0.05, 0) is 24.5 Å². The van der Waals surface area contributed by atoms with E-state index in [4.69, 9.17) is 5.73 Å². The molecule has 118 valence electrons. The van der Waals surface area contributed by atoms with Gasteiger partial charge in [-0.15, -0.1) is 23.1 Å². The lowest BCUT2D eigenvalue weighted by atomic mass is 9.95. The van der Waals surface area contributed by atoms with Crippen LogP contribution in [0.25, 0.3) is 0 Å². The topological polar surface area (TPSA) is 46.3 Å². The Labute approximate surface area is 136 Å². The van der Waals surface area contributed by atoms with E-state index in [1.165, 1.54) is 11.4 Å². The second kappa shape index (κ2) is 6.61. The summed E-state index contributed by atoms with van der Waals surface area (Å²) in [6.07, 6.45) is 3.28. The van der Waals surface area contributed by atoms with Gasteiger partial charge in [-0.2, -0.15) is 0 Å². The molecule has 1 unspecified atom stereocenters. The van der Waals surface area contributed by atoms with Crippen molar-refractivity contribution < 1.29 is 4.79 Å². The van der Waals surface area contributed by atoms with Gasteiger partial charge < -0.3 is 10.6 Å². The molecule has 0 bridgehead atoms. The van der Waals surface area contributed by atoms with Gasteiger partial charge in [-0.25, -0.2) is 0 Å². The highest BCUT2D eigenvalue weighted by atomic mass is 32.2. The van der Waals surface area contributed by atoms with Crippen LogP contribution in [-0.2, 0) is 0 Å². The first-order valence-corrected chi connectivity index (χ1v) is 9.66. The van der Waals surface area contributed by atoms with E-state index in [2.05, 4.69) is 18.7 Å². The summed E-state index contributed by atoms with van der Waals surface area (Å²) in [5.74, 6) is 1.61. The van der Waals surface area contributed by atoms with Crippen LogP contribution in [0.1, 0.15) is 43.8 Å². The van der Waals surface area contributed by atoms with E-state index in [0.29, 0.717) is 11.6 Å². The van der Waals surface area contributed by atoms with Crippen LogP contribution in [0, 0.1) is 17.8 Å². The minimum atomic E-state index is -0.00417. The Balaban J connectivity index is 2.32. The molecule has 0 aliphatic carbocycles. The zero-order valence-electron chi connectivity index (χ0n) is 13.6. The van der Waals surface area contributed by atoms with Crippen LogP contribution in [0.3, 0.4) is 0 Å². The van der Waals surface area contributed by atoms with Gasteiger partial charge in [0.05, 0.1) is 15.5 Å². The van der Waals surface area contributed by atoms with Gasteiger partial charge in [-0.3, -0.25) is 4.79 Å². The minimum Gasteiger partial charge on any atom is -0.396 e. The average Bonchev–Trinajstić information content (AvgIpc) is 3.02. The summed E-state index contributed by atoms with van der Waals surface area (Å²) in [5.41, 5.74) is 6.95. The first-order chi connectivity index (χ1) is 9.86. The molecular formula is C16H26N2OS2. The molecule has 1 atom stereocenters. The minimum absolute atomic E-state index is 0.00417. The summed E-state index contributed by atoms with van der Waals surface area (Å²) in [6, 6.07) is 0. The fourth-order valence-corrected chi connectivity index (χ4v) is 5.09. The molecule has 0 saturated carbocycles. The molecular weight excluding hydrogens is 300 g/mol. The van der Waals surface area contributed by atoms with E-state index < -0.39 is 0 Å². The Kier molecular flexibility index (Phi) is 5.25. The highest BCUT2D eigenvalue weighted by molar-refractivity contribution is 7.99. The Morgan fingerprint density at radius 1 is 1.38 bits per heavy atom. The van der Waals surface area contributed by atoms with E-state index in [-0.39, 0.29) is 11.7 Å². The lowest BCUT2D eigenvalue weighted by Crippen LogP contribution is -2.20. The van der Waals surface area contributed by atoms with E-state index in [9.17, 15) is 4.79 Å². The van der Waals surface area contributed by atoms with Gasteiger partial charge in [0.1, 0.15) is 5.00 Å². The molecule has 1 aliphatic rings. The van der Waals surface area contributed by atoms with Crippen molar-refractivity contribution in [2.24, 2.45) is 17.8 Å². The number of thiophene rings is 1. The number of nitrogens with zero attached hydrogens (tertiary/aromatic N) is 1. The molecule has 2 N–H and O–H groups in total. The summed E-state index contributed by atoms with van der Waals surface area (Å²) in [4.78, 5) is 16.6. The lowest BCUT2D eigenvalue weighted by Gasteiger charge is -2.19. The maximum Gasteiger partial charge on any atom is 0.177 e. The Morgan fingerprint density at radius 2 is 2.05 bits per heavy atom. The largest absolute Gasteiger partial charge is 0.396 e. The summed E-state index contributed by atoms with van der Waals surface area (Å²) in [6.45, 7) is 10.6. The first kappa shape index (κ1) is 16.7. The van der Waals surface area contributed by atoms with Gasteiger partial charge in [0.2, 0.25) is 0 Å². The molecule has 1 aliphatic heterocycles. The maximum absolute atomic E-state index is 12.3. The molecule has 1 saturated heterocycles. The number of thioether (sulfide) groups is 1. The monoisotopic (exact) mass is 326 g/mol. The van der Waals surface area contributed by atoms with Crippen LogP contribution >= 0.6 is 23.1 Å². The van der Waals surface area contributed by atoms with Gasteiger partial charge in [-0.1, -0.05) is 27.7 Å². The number of hydrogen-bond donors (Lipinski definition) is 1. The first-order valence-electron chi connectivity index (χ1n) is 7.62. The fourth-order valence-electron chi connectivity index (χ4n) is 2.78. The SMILES string of the molecule is CSc1c(N2CCC(C(C)C)C2)sc(C(=O)C(C)C)c1N. The van der Waals surface area contributed by atoms with Crippen molar-refractivity contribution in [2.45, 2.75) is 39.0 Å². The van der Waals surface area contributed by atoms with Crippen molar-refractivity contribution in [3.63, 3.8) is 0 Å². The van der Waals surface area contributed by atoms with Crippen LogP contribution in [0.4, 0.5) is 10.7 Å². The van der Waals surface area contributed by atoms with Crippen LogP contribution in [0.5, 0.6) is 0 Å². The van der Waals surface area contributed by atoms with Crippen molar-refractivity contribution in [1.82, 2.24) is 0 Å². The quantitative estimate of drug-likeness (QED) is 0.644. The van der Waals surface area contributed by atoms with E-state index in [1.807, 2.05) is 20.1 Å². The van der Waals surface area contributed by atoms with Crippen LogP contribution in [0.15, 0.2) is 4.90 Å². The molecule has 1 aromatic rings.